The van der Waals surface area contributed by atoms with E-state index in [-0.39, 0.29) is 17.3 Å². The maximum absolute atomic E-state index is 13.8. The van der Waals surface area contributed by atoms with E-state index in [9.17, 15) is 18.0 Å². The summed E-state index contributed by atoms with van der Waals surface area (Å²) in [7, 11) is -4.14. The SMILES string of the molecule is CCCNC(=O)C(C)N(Cc1ccc(Cl)cc1)C(=O)CN(c1ccc(C)cc1)S(=O)(=O)c1ccc(Cl)cc1. The lowest BCUT2D eigenvalue weighted by atomic mass is 10.1. The molecule has 0 aliphatic rings. The van der Waals surface area contributed by atoms with Crippen LogP contribution < -0.4 is 9.62 Å². The summed E-state index contributed by atoms with van der Waals surface area (Å²) in [5, 5.41) is 3.75. The first kappa shape index (κ1) is 29.5. The molecule has 7 nitrogen and oxygen atoms in total. The van der Waals surface area contributed by atoms with Gasteiger partial charge in [0.1, 0.15) is 12.6 Å². The van der Waals surface area contributed by atoms with Crippen LogP contribution >= 0.6 is 23.2 Å². The molecule has 0 aromatic heterocycles. The Balaban J connectivity index is 2.00. The molecule has 0 bridgehead atoms. The number of benzene rings is 3. The van der Waals surface area contributed by atoms with Gasteiger partial charge in [-0.25, -0.2) is 8.42 Å². The highest BCUT2D eigenvalue weighted by Gasteiger charge is 2.32. The number of carbonyl (C=O) groups is 2. The molecule has 0 saturated carbocycles. The minimum Gasteiger partial charge on any atom is -0.354 e. The number of halogens is 2. The number of aryl methyl sites for hydroxylation is 1. The number of hydrogen-bond acceptors (Lipinski definition) is 4. The van der Waals surface area contributed by atoms with Crippen molar-refractivity contribution in [3.8, 4) is 0 Å². The highest BCUT2D eigenvalue weighted by Crippen LogP contribution is 2.26. The summed E-state index contributed by atoms with van der Waals surface area (Å²) in [4.78, 5) is 28.1. The van der Waals surface area contributed by atoms with Crippen molar-refractivity contribution in [2.45, 2.75) is 44.7 Å². The monoisotopic (exact) mass is 575 g/mol. The highest BCUT2D eigenvalue weighted by atomic mass is 35.5. The fourth-order valence-corrected chi connectivity index (χ4v) is 5.40. The van der Waals surface area contributed by atoms with E-state index in [2.05, 4.69) is 5.32 Å². The summed E-state index contributed by atoms with van der Waals surface area (Å²) >= 11 is 12.0. The van der Waals surface area contributed by atoms with Crippen molar-refractivity contribution in [1.82, 2.24) is 10.2 Å². The second kappa shape index (κ2) is 13.1. The zero-order valence-corrected chi connectivity index (χ0v) is 23.9. The third-order valence-electron chi connectivity index (χ3n) is 5.99. The maximum atomic E-state index is 13.8. The standard InChI is InChI=1S/C28H31Cl2N3O4S/c1-4-17-31-28(35)21(3)32(18-22-7-9-23(29)10-8-22)27(34)19-33(25-13-5-20(2)6-14-25)38(36,37)26-15-11-24(30)12-16-26/h5-16,21H,4,17-19H2,1-3H3,(H,31,35). The summed E-state index contributed by atoms with van der Waals surface area (Å²) in [6, 6.07) is 18.7. The third kappa shape index (κ3) is 7.49. The minimum absolute atomic E-state index is 0.00624. The zero-order valence-electron chi connectivity index (χ0n) is 21.5. The highest BCUT2D eigenvalue weighted by molar-refractivity contribution is 7.92. The number of nitrogens with zero attached hydrogens (tertiary/aromatic N) is 2. The molecule has 3 rings (SSSR count). The fraction of sp³-hybridized carbons (Fsp3) is 0.286. The van der Waals surface area contributed by atoms with Gasteiger partial charge in [-0.2, -0.15) is 0 Å². The molecule has 0 fully saturated rings. The van der Waals surface area contributed by atoms with E-state index in [0.717, 1.165) is 21.9 Å². The first-order valence-electron chi connectivity index (χ1n) is 12.2. The summed E-state index contributed by atoms with van der Waals surface area (Å²) in [6.07, 6.45) is 0.740. The Morgan fingerprint density at radius 2 is 1.45 bits per heavy atom. The van der Waals surface area contributed by atoms with Crippen LogP contribution in [-0.4, -0.2) is 44.3 Å². The van der Waals surface area contributed by atoms with Gasteiger partial charge in [0.25, 0.3) is 10.0 Å². The summed E-state index contributed by atoms with van der Waals surface area (Å²) < 4.78 is 28.6. The van der Waals surface area contributed by atoms with E-state index in [0.29, 0.717) is 22.3 Å². The predicted molar refractivity (Wildman–Crippen MR) is 152 cm³/mol. The van der Waals surface area contributed by atoms with Gasteiger partial charge in [0.15, 0.2) is 0 Å². The van der Waals surface area contributed by atoms with Gasteiger partial charge in [0, 0.05) is 23.1 Å². The molecule has 3 aromatic rings. The molecular formula is C28H31Cl2N3O4S. The van der Waals surface area contributed by atoms with Crippen LogP contribution in [0.4, 0.5) is 5.69 Å². The average Bonchev–Trinajstić information content (AvgIpc) is 2.90. The van der Waals surface area contributed by atoms with Crippen molar-refractivity contribution in [3.05, 3.63) is 94.0 Å². The van der Waals surface area contributed by atoms with E-state index < -0.39 is 28.5 Å². The molecule has 0 spiro atoms. The topological polar surface area (TPSA) is 86.8 Å². The first-order valence-corrected chi connectivity index (χ1v) is 14.4. The number of anilines is 1. The van der Waals surface area contributed by atoms with Crippen LogP contribution in [-0.2, 0) is 26.2 Å². The molecule has 2 amide bonds. The largest absolute Gasteiger partial charge is 0.354 e. The Morgan fingerprint density at radius 1 is 0.895 bits per heavy atom. The van der Waals surface area contributed by atoms with Gasteiger partial charge in [-0.15, -0.1) is 0 Å². The molecule has 1 N–H and O–H groups in total. The van der Waals surface area contributed by atoms with Crippen LogP contribution in [0.25, 0.3) is 0 Å². The van der Waals surface area contributed by atoms with Gasteiger partial charge in [0.05, 0.1) is 10.6 Å². The normalized spacial score (nSPS) is 12.0. The molecular weight excluding hydrogens is 545 g/mol. The third-order valence-corrected chi connectivity index (χ3v) is 8.28. The van der Waals surface area contributed by atoms with Gasteiger partial charge in [-0.1, -0.05) is 60.0 Å². The smallest absolute Gasteiger partial charge is 0.264 e. The maximum Gasteiger partial charge on any atom is 0.264 e. The molecule has 0 radical (unpaired) electrons. The van der Waals surface area contributed by atoms with E-state index in [1.807, 2.05) is 13.8 Å². The van der Waals surface area contributed by atoms with Crippen molar-refractivity contribution in [1.29, 1.82) is 0 Å². The summed E-state index contributed by atoms with van der Waals surface area (Å²) in [5.41, 5.74) is 2.02. The molecule has 1 unspecified atom stereocenters. The van der Waals surface area contributed by atoms with Crippen LogP contribution in [0.2, 0.25) is 10.0 Å². The Morgan fingerprint density at radius 3 is 2.00 bits per heavy atom. The van der Waals surface area contributed by atoms with Crippen molar-refractivity contribution in [3.63, 3.8) is 0 Å². The molecule has 0 heterocycles. The number of amides is 2. The Labute approximate surface area is 234 Å². The number of sulfonamides is 1. The molecule has 0 aliphatic carbocycles. The molecule has 202 valence electrons. The van der Waals surface area contributed by atoms with E-state index in [1.165, 1.54) is 29.2 Å². The van der Waals surface area contributed by atoms with Crippen LogP contribution in [0, 0.1) is 6.92 Å². The molecule has 0 saturated heterocycles. The summed E-state index contributed by atoms with van der Waals surface area (Å²) in [5.74, 6) is -0.853. The number of rotatable bonds is 11. The van der Waals surface area contributed by atoms with E-state index >= 15 is 0 Å². The Hall–Kier alpha value is -3.07. The van der Waals surface area contributed by atoms with Crippen LogP contribution in [0.15, 0.2) is 77.7 Å². The van der Waals surface area contributed by atoms with Crippen LogP contribution in [0.5, 0.6) is 0 Å². The zero-order chi connectivity index (χ0) is 27.9. The molecule has 3 aromatic carbocycles. The van der Waals surface area contributed by atoms with Crippen molar-refractivity contribution in [2.75, 3.05) is 17.4 Å². The molecule has 10 heteroatoms. The van der Waals surface area contributed by atoms with Gasteiger partial charge in [-0.3, -0.25) is 13.9 Å². The lowest BCUT2D eigenvalue weighted by Crippen LogP contribution is -2.51. The van der Waals surface area contributed by atoms with Crippen LogP contribution in [0.3, 0.4) is 0 Å². The van der Waals surface area contributed by atoms with Crippen LogP contribution in [0.1, 0.15) is 31.4 Å². The van der Waals surface area contributed by atoms with Crippen molar-refractivity contribution < 1.29 is 18.0 Å². The van der Waals surface area contributed by atoms with Crippen molar-refractivity contribution in [2.24, 2.45) is 0 Å². The number of hydrogen-bond donors (Lipinski definition) is 1. The van der Waals surface area contributed by atoms with Gasteiger partial charge >= 0.3 is 0 Å². The van der Waals surface area contributed by atoms with Gasteiger partial charge in [-0.05, 0) is 74.4 Å². The average molecular weight is 577 g/mol. The van der Waals surface area contributed by atoms with E-state index in [4.69, 9.17) is 23.2 Å². The summed E-state index contributed by atoms with van der Waals surface area (Å²) in [6.45, 7) is 5.50. The minimum atomic E-state index is -4.14. The lowest BCUT2D eigenvalue weighted by Gasteiger charge is -2.32. The second-order valence-corrected chi connectivity index (χ2v) is 11.7. The molecule has 1 atom stereocenters. The number of carbonyl (C=O) groups excluding carboxylic acids is 2. The molecule has 0 aliphatic heterocycles. The number of nitrogens with one attached hydrogen (secondary N) is 1. The molecule has 38 heavy (non-hydrogen) atoms. The lowest BCUT2D eigenvalue weighted by molar-refractivity contribution is -0.139. The van der Waals surface area contributed by atoms with Gasteiger partial charge < -0.3 is 10.2 Å². The quantitative estimate of drug-likeness (QED) is 0.330. The van der Waals surface area contributed by atoms with E-state index in [1.54, 1.807) is 55.5 Å². The van der Waals surface area contributed by atoms with Gasteiger partial charge in [0.2, 0.25) is 11.8 Å². The Kier molecular flexibility index (Phi) is 10.2. The Bertz CT molecular complexity index is 1350. The predicted octanol–water partition coefficient (Wildman–Crippen LogP) is 5.44. The second-order valence-electron chi connectivity index (χ2n) is 8.92. The fourth-order valence-electron chi connectivity index (χ4n) is 3.74. The van der Waals surface area contributed by atoms with Crippen molar-refractivity contribution >= 4 is 50.7 Å². The first-order chi connectivity index (χ1) is 18.0.